The van der Waals surface area contributed by atoms with E-state index in [1.165, 1.54) is 11.1 Å². The minimum absolute atomic E-state index is 0.00275. The maximum Gasteiger partial charge on any atom is 0.255 e. The molecule has 1 aromatic heterocycles. The minimum atomic E-state index is -0.444. The summed E-state index contributed by atoms with van der Waals surface area (Å²) in [6.07, 6.45) is 9.23. The zero-order chi connectivity index (χ0) is 28.5. The summed E-state index contributed by atoms with van der Waals surface area (Å²) in [6, 6.07) is 8.47. The Balaban J connectivity index is 0.000000474. The van der Waals surface area contributed by atoms with Crippen LogP contribution in [-0.4, -0.2) is 35.6 Å². The number of allylic oxidation sites excluding steroid dienone is 2. The molecule has 206 valence electrons. The second kappa shape index (κ2) is 13.8. The van der Waals surface area contributed by atoms with Gasteiger partial charge >= 0.3 is 0 Å². The Morgan fingerprint density at radius 3 is 2.37 bits per heavy atom. The van der Waals surface area contributed by atoms with E-state index in [-0.39, 0.29) is 23.3 Å². The van der Waals surface area contributed by atoms with Crippen molar-refractivity contribution in [1.82, 2.24) is 10.3 Å². The van der Waals surface area contributed by atoms with Crippen LogP contribution in [0.5, 0.6) is 0 Å². The molecule has 0 saturated heterocycles. The van der Waals surface area contributed by atoms with Gasteiger partial charge < -0.3 is 21.4 Å². The zero-order valence-corrected chi connectivity index (χ0v) is 24.2. The smallest absolute Gasteiger partial charge is 0.255 e. The number of carbonyl (C=O) groups is 2. The SMILES string of the molecule is CCC(C)/C(=C\C=C(/C)C(N)=O)C1C=Nc2[nH]cc(C(=O)NCC(C)(C)C)c2N1.CCc1ccc(C)cc1. The lowest BCUT2D eigenvalue weighted by Gasteiger charge is -2.26. The van der Waals surface area contributed by atoms with Crippen molar-refractivity contribution >= 4 is 29.5 Å². The average Bonchev–Trinajstić information content (AvgIpc) is 3.31. The first-order valence-electron chi connectivity index (χ1n) is 13.4. The highest BCUT2D eigenvalue weighted by atomic mass is 16.2. The van der Waals surface area contributed by atoms with Crippen molar-refractivity contribution in [2.75, 3.05) is 11.9 Å². The summed E-state index contributed by atoms with van der Waals surface area (Å²) in [7, 11) is 0. The van der Waals surface area contributed by atoms with Gasteiger partial charge in [-0.1, -0.05) is 83.5 Å². The quantitative estimate of drug-likeness (QED) is 0.244. The standard InChI is InChI=1S/C22H33N5O2.C9H12/c1-7-13(2)15(9-8-14(3)19(23)28)17-11-25-20-18(27-17)16(10-24-20)21(29)26-12-22(4,5)6;1-3-9-6-4-8(2)5-7-9/h8-11,13,17,24,27H,7,12H2,1-6H3,(H2,23,28)(H,26,29);4-7H,3H2,1-2H3/b14-8+,15-9+;. The highest BCUT2D eigenvalue weighted by Gasteiger charge is 2.26. The Morgan fingerprint density at radius 1 is 1.16 bits per heavy atom. The fourth-order valence-electron chi connectivity index (χ4n) is 3.73. The Kier molecular flexibility index (Phi) is 11.1. The number of nitrogens with zero attached hydrogens (tertiary/aromatic N) is 1. The summed E-state index contributed by atoms with van der Waals surface area (Å²) in [4.78, 5) is 31.6. The summed E-state index contributed by atoms with van der Waals surface area (Å²) in [5.41, 5.74) is 10.9. The van der Waals surface area contributed by atoms with Gasteiger partial charge in [-0.2, -0.15) is 0 Å². The van der Waals surface area contributed by atoms with Gasteiger partial charge in [0.25, 0.3) is 5.91 Å². The van der Waals surface area contributed by atoms with Crippen LogP contribution in [0.4, 0.5) is 11.5 Å². The van der Waals surface area contributed by atoms with E-state index in [2.05, 4.69) is 93.3 Å². The van der Waals surface area contributed by atoms with Crippen LogP contribution in [0, 0.1) is 18.3 Å². The van der Waals surface area contributed by atoms with Gasteiger partial charge in [0.15, 0.2) is 5.82 Å². The number of benzene rings is 1. The van der Waals surface area contributed by atoms with Gasteiger partial charge in [0.05, 0.1) is 17.3 Å². The largest absolute Gasteiger partial charge is 0.370 e. The van der Waals surface area contributed by atoms with Crippen molar-refractivity contribution in [1.29, 1.82) is 0 Å². The van der Waals surface area contributed by atoms with Gasteiger partial charge in [-0.3, -0.25) is 9.59 Å². The van der Waals surface area contributed by atoms with Crippen molar-refractivity contribution in [2.24, 2.45) is 22.1 Å². The molecule has 1 aromatic carbocycles. The molecular weight excluding hydrogens is 474 g/mol. The summed E-state index contributed by atoms with van der Waals surface area (Å²) in [5, 5.41) is 6.42. The molecule has 2 aromatic rings. The Hall–Kier alpha value is -3.61. The van der Waals surface area contributed by atoms with Crippen LogP contribution in [0.3, 0.4) is 0 Å². The second-order valence-electron chi connectivity index (χ2n) is 11.1. The van der Waals surface area contributed by atoms with Crippen LogP contribution in [0.25, 0.3) is 0 Å². The van der Waals surface area contributed by atoms with Gasteiger partial charge in [0.2, 0.25) is 5.91 Å². The molecule has 1 aliphatic rings. The van der Waals surface area contributed by atoms with E-state index < -0.39 is 5.91 Å². The molecule has 7 heteroatoms. The molecule has 1 aliphatic heterocycles. The maximum atomic E-state index is 12.7. The molecule has 2 heterocycles. The number of nitrogens with two attached hydrogens (primary N) is 1. The molecule has 0 fully saturated rings. The van der Waals surface area contributed by atoms with E-state index >= 15 is 0 Å². The summed E-state index contributed by atoms with van der Waals surface area (Å²) < 4.78 is 0. The lowest BCUT2D eigenvalue weighted by atomic mass is 9.91. The molecule has 2 unspecified atom stereocenters. The number of hydrogen-bond donors (Lipinski definition) is 4. The van der Waals surface area contributed by atoms with Crippen LogP contribution in [0.15, 0.2) is 58.8 Å². The van der Waals surface area contributed by atoms with Crippen molar-refractivity contribution < 1.29 is 9.59 Å². The van der Waals surface area contributed by atoms with Crippen molar-refractivity contribution in [3.05, 3.63) is 70.5 Å². The monoisotopic (exact) mass is 519 g/mol. The van der Waals surface area contributed by atoms with Crippen LogP contribution in [0.2, 0.25) is 0 Å². The molecular formula is C31H45N5O2. The number of aromatic nitrogens is 1. The molecule has 5 N–H and O–H groups in total. The van der Waals surface area contributed by atoms with Crippen LogP contribution < -0.4 is 16.4 Å². The first-order valence-corrected chi connectivity index (χ1v) is 13.4. The fourth-order valence-corrected chi connectivity index (χ4v) is 3.73. The molecule has 2 atom stereocenters. The third kappa shape index (κ3) is 9.05. The molecule has 0 radical (unpaired) electrons. The van der Waals surface area contributed by atoms with Crippen molar-refractivity contribution in [3.8, 4) is 0 Å². The Morgan fingerprint density at radius 2 is 1.82 bits per heavy atom. The Labute approximate surface area is 228 Å². The molecule has 7 nitrogen and oxygen atoms in total. The number of fused-ring (bicyclic) bond motifs is 1. The van der Waals surface area contributed by atoms with Crippen molar-refractivity contribution in [2.45, 2.75) is 74.3 Å². The molecule has 0 spiro atoms. The van der Waals surface area contributed by atoms with E-state index in [1.807, 2.05) is 12.3 Å². The molecule has 0 saturated carbocycles. The highest BCUT2D eigenvalue weighted by molar-refractivity contribution is 6.04. The van der Waals surface area contributed by atoms with Gasteiger partial charge in [-0.05, 0) is 49.2 Å². The minimum Gasteiger partial charge on any atom is -0.370 e. The number of primary amides is 1. The first kappa shape index (κ1) is 30.6. The van der Waals surface area contributed by atoms with Crippen molar-refractivity contribution in [3.63, 3.8) is 0 Å². The van der Waals surface area contributed by atoms with E-state index in [0.717, 1.165) is 18.4 Å². The van der Waals surface area contributed by atoms with Gasteiger partial charge in [-0.25, -0.2) is 4.99 Å². The van der Waals surface area contributed by atoms with E-state index in [9.17, 15) is 9.59 Å². The topological polar surface area (TPSA) is 112 Å². The van der Waals surface area contributed by atoms with Gasteiger partial charge in [-0.15, -0.1) is 0 Å². The zero-order valence-electron chi connectivity index (χ0n) is 24.2. The van der Waals surface area contributed by atoms with Gasteiger partial charge in [0.1, 0.15) is 0 Å². The molecule has 38 heavy (non-hydrogen) atoms. The molecule has 0 aliphatic carbocycles. The van der Waals surface area contributed by atoms with Crippen LogP contribution in [-0.2, 0) is 11.2 Å². The number of hydrogen-bond acceptors (Lipinski definition) is 4. The normalized spacial score (nSPS) is 16.1. The predicted molar refractivity (Wildman–Crippen MR) is 159 cm³/mol. The summed E-state index contributed by atoms with van der Waals surface area (Å²) in [6.45, 7) is 17.0. The fraction of sp³-hybridized carbons (Fsp3) is 0.452. The van der Waals surface area contributed by atoms with E-state index in [4.69, 9.17) is 5.73 Å². The third-order valence-electron chi connectivity index (χ3n) is 6.52. The summed E-state index contributed by atoms with van der Waals surface area (Å²) in [5.74, 6) is 0.309. The van der Waals surface area contributed by atoms with Gasteiger partial charge in [0, 0.05) is 24.5 Å². The number of nitrogens with one attached hydrogen (secondary N) is 3. The molecule has 2 amide bonds. The lowest BCUT2D eigenvalue weighted by Crippen LogP contribution is -2.34. The number of rotatable bonds is 8. The second-order valence-corrected chi connectivity index (χ2v) is 11.1. The first-order chi connectivity index (χ1) is 17.9. The van der Waals surface area contributed by atoms with Crippen LogP contribution in [0.1, 0.15) is 76.4 Å². The molecule has 3 rings (SSSR count). The highest BCUT2D eigenvalue weighted by Crippen LogP contribution is 2.34. The lowest BCUT2D eigenvalue weighted by molar-refractivity contribution is -0.114. The van der Waals surface area contributed by atoms with Crippen LogP contribution >= 0.6 is 0 Å². The number of anilines is 1. The number of carbonyl (C=O) groups excluding carboxylic acids is 2. The average molecular weight is 520 g/mol. The number of aryl methyl sites for hydroxylation is 2. The van der Waals surface area contributed by atoms with E-state index in [1.54, 1.807) is 19.2 Å². The molecule has 0 bridgehead atoms. The van der Waals surface area contributed by atoms with E-state index in [0.29, 0.717) is 29.2 Å². The number of amides is 2. The maximum absolute atomic E-state index is 12.7. The number of aliphatic imine (C=N–C) groups is 1. The number of aromatic amines is 1. The number of H-pyrrole nitrogens is 1. The third-order valence-corrected chi connectivity index (χ3v) is 6.52. The summed E-state index contributed by atoms with van der Waals surface area (Å²) >= 11 is 0. The predicted octanol–water partition coefficient (Wildman–Crippen LogP) is 6.25. The Bertz CT molecular complexity index is 1180.